The van der Waals surface area contributed by atoms with E-state index in [4.69, 9.17) is 0 Å². The van der Waals surface area contributed by atoms with E-state index in [1.54, 1.807) is 0 Å². The van der Waals surface area contributed by atoms with E-state index in [1.165, 1.54) is 347 Å². The van der Waals surface area contributed by atoms with Crippen molar-refractivity contribution in [2.45, 2.75) is 409 Å². The molecule has 0 aromatic heterocycles. The summed E-state index contributed by atoms with van der Waals surface area (Å²) in [5.41, 5.74) is 0. The normalized spacial score (nSPS) is 11.8. The second-order valence-corrected chi connectivity index (χ2v) is 36.0. The Bertz CT molecular complexity index is 952. The van der Waals surface area contributed by atoms with E-state index < -0.39 is 21.4 Å². The Balaban J connectivity index is -0.000000531. The molecule has 478 valence electrons. The molecular formula is C72H153EuO3P3+3. The summed E-state index contributed by atoms with van der Waals surface area (Å²) in [7, 11) is -5.66. The van der Waals surface area contributed by atoms with Crippen molar-refractivity contribution in [2.75, 3.05) is 55.5 Å². The summed E-state index contributed by atoms with van der Waals surface area (Å²) in [6, 6.07) is 0. The van der Waals surface area contributed by atoms with Crippen LogP contribution < -0.4 is 0 Å². The first-order chi connectivity index (χ1) is 38.0. The first-order valence-corrected chi connectivity index (χ1v) is 43.5. The van der Waals surface area contributed by atoms with Crippen LogP contribution in [0.3, 0.4) is 0 Å². The molecule has 0 aliphatic heterocycles. The molecule has 0 radical (unpaired) electrons. The van der Waals surface area contributed by atoms with Gasteiger partial charge in [-0.25, -0.2) is 0 Å². The van der Waals surface area contributed by atoms with Crippen LogP contribution in [0.2, 0.25) is 0 Å². The van der Waals surface area contributed by atoms with E-state index in [-0.39, 0.29) is 49.4 Å². The molecule has 0 rings (SSSR count). The van der Waals surface area contributed by atoms with Gasteiger partial charge in [-0.1, -0.05) is 351 Å². The van der Waals surface area contributed by atoms with Crippen LogP contribution >= 0.6 is 21.4 Å². The molecular weight excluding hydrogens is 1160 g/mol. The zero-order chi connectivity index (χ0) is 58.0. The van der Waals surface area contributed by atoms with E-state index in [2.05, 4.69) is 62.3 Å². The van der Waals surface area contributed by atoms with Crippen LogP contribution in [0.5, 0.6) is 0 Å². The maximum absolute atomic E-state index is 13.5. The van der Waals surface area contributed by atoms with Gasteiger partial charge in [0.25, 0.3) is 0 Å². The van der Waals surface area contributed by atoms with Crippen molar-refractivity contribution >= 4 is 21.4 Å². The Kier molecular flexibility index (Phi) is 80.8. The third-order valence-corrected chi connectivity index (χ3v) is 27.5. The molecule has 0 bridgehead atoms. The van der Waals surface area contributed by atoms with Crippen LogP contribution in [0.25, 0.3) is 0 Å². The molecule has 0 spiro atoms. The summed E-state index contributed by atoms with van der Waals surface area (Å²) in [5.74, 6) is 0. The van der Waals surface area contributed by atoms with Gasteiger partial charge in [-0.05, 0) is 57.8 Å². The Morgan fingerprint density at radius 2 is 0.215 bits per heavy atom. The van der Waals surface area contributed by atoms with Gasteiger partial charge in [0.05, 0.1) is 21.4 Å². The summed E-state index contributed by atoms with van der Waals surface area (Å²) < 4.78 is 40.4. The van der Waals surface area contributed by atoms with Gasteiger partial charge in [-0.15, -0.1) is 0 Å². The summed E-state index contributed by atoms with van der Waals surface area (Å²) in [6.45, 7) is 20.5. The summed E-state index contributed by atoms with van der Waals surface area (Å²) in [5, 5.41) is 0. The second-order valence-electron chi connectivity index (χ2n) is 25.6. The van der Waals surface area contributed by atoms with Crippen LogP contribution in [0.15, 0.2) is 0 Å². The zero-order valence-electron chi connectivity index (χ0n) is 56.5. The molecule has 0 heterocycles. The SMILES string of the molecule is CCCCCCCCP(=O)(CCCCCCCC)CCCCCCCC.CCCCCCCCP(=O)(CCCCCCCC)CCCCCCCC.CCCCCCCCP(=O)(CCCCCCCC)CCCCCCCC.[Eu+3]. The third kappa shape index (κ3) is 70.9. The average molecular weight is 1310 g/mol. The minimum atomic E-state index is -1.89. The summed E-state index contributed by atoms with van der Waals surface area (Å²) in [6.07, 6.45) is 80.7. The van der Waals surface area contributed by atoms with Crippen molar-refractivity contribution in [3.8, 4) is 0 Å². The second kappa shape index (κ2) is 72.7. The summed E-state index contributed by atoms with van der Waals surface area (Å²) in [4.78, 5) is 0. The van der Waals surface area contributed by atoms with Crippen molar-refractivity contribution < 1.29 is 63.1 Å². The maximum Gasteiger partial charge on any atom is 3.00 e. The van der Waals surface area contributed by atoms with Gasteiger partial charge in [-0.3, -0.25) is 0 Å². The molecule has 0 saturated heterocycles. The Morgan fingerprint density at radius 3 is 0.304 bits per heavy atom. The van der Waals surface area contributed by atoms with Gasteiger partial charge in [0.2, 0.25) is 0 Å². The van der Waals surface area contributed by atoms with E-state index in [1.807, 2.05) is 0 Å². The smallest absolute Gasteiger partial charge is 0.324 e. The fourth-order valence-corrected chi connectivity index (χ4v) is 20.8. The van der Waals surface area contributed by atoms with Crippen LogP contribution in [0.4, 0.5) is 0 Å². The minimum Gasteiger partial charge on any atom is -0.324 e. The van der Waals surface area contributed by atoms with Crippen molar-refractivity contribution in [1.29, 1.82) is 0 Å². The molecule has 7 heteroatoms. The first-order valence-electron chi connectivity index (χ1n) is 36.8. The van der Waals surface area contributed by atoms with Crippen molar-refractivity contribution in [3.63, 3.8) is 0 Å². The monoisotopic (exact) mass is 1310 g/mol. The topological polar surface area (TPSA) is 51.2 Å². The third-order valence-electron chi connectivity index (χ3n) is 17.3. The quantitative estimate of drug-likeness (QED) is 0.0450. The zero-order valence-corrected chi connectivity index (χ0v) is 61.6. The van der Waals surface area contributed by atoms with E-state index in [0.29, 0.717) is 0 Å². The van der Waals surface area contributed by atoms with Crippen molar-refractivity contribution in [1.82, 2.24) is 0 Å². The fraction of sp³-hybridized carbons (Fsp3) is 1.00. The van der Waals surface area contributed by atoms with Gasteiger partial charge in [-0.2, -0.15) is 0 Å². The van der Waals surface area contributed by atoms with Crippen LogP contribution in [-0.4, -0.2) is 55.5 Å². The largest absolute Gasteiger partial charge is 3.00 e. The Labute approximate surface area is 544 Å². The molecule has 3 nitrogen and oxygen atoms in total. The first kappa shape index (κ1) is 87.7. The standard InChI is InChI=1S/3C24H51OP.Eu/c3*1-4-7-10-13-16-19-22-26(25,23-20-17-14-11-8-5-2)24-21-18-15-12-9-6-3;/h3*4-24H2,1-3H3;/q;;;+3. The predicted molar refractivity (Wildman–Crippen MR) is 367 cm³/mol. The number of hydrogen-bond acceptors (Lipinski definition) is 3. The van der Waals surface area contributed by atoms with Gasteiger partial charge >= 0.3 is 49.4 Å². The molecule has 0 N–H and O–H groups in total. The minimum absolute atomic E-state index is 0. The molecule has 0 aliphatic carbocycles. The molecule has 0 atom stereocenters. The number of hydrogen-bond donors (Lipinski definition) is 0. The molecule has 0 fully saturated rings. The van der Waals surface area contributed by atoms with E-state index in [9.17, 15) is 13.7 Å². The molecule has 0 amide bonds. The van der Waals surface area contributed by atoms with E-state index >= 15 is 0 Å². The van der Waals surface area contributed by atoms with E-state index in [0.717, 1.165) is 55.5 Å². The van der Waals surface area contributed by atoms with Crippen LogP contribution in [0, 0.1) is 49.4 Å². The molecule has 0 aliphatic rings. The molecule has 0 aromatic rings. The fourth-order valence-electron chi connectivity index (χ4n) is 11.6. The van der Waals surface area contributed by atoms with Crippen LogP contribution in [-0.2, 0) is 13.7 Å². The van der Waals surface area contributed by atoms with Crippen molar-refractivity contribution in [2.24, 2.45) is 0 Å². The Morgan fingerprint density at radius 1 is 0.139 bits per heavy atom. The maximum atomic E-state index is 13.5. The van der Waals surface area contributed by atoms with Gasteiger partial charge in [0, 0.05) is 55.5 Å². The van der Waals surface area contributed by atoms with Gasteiger partial charge in [0.1, 0.15) is 0 Å². The van der Waals surface area contributed by atoms with Gasteiger partial charge in [0.15, 0.2) is 0 Å². The van der Waals surface area contributed by atoms with Crippen molar-refractivity contribution in [3.05, 3.63) is 0 Å². The average Bonchev–Trinajstić information content (AvgIpc) is 3.43. The number of unbranched alkanes of at least 4 members (excludes halogenated alkanes) is 45. The molecule has 0 aromatic carbocycles. The number of rotatable bonds is 63. The Hall–Kier alpha value is 2.27. The molecule has 0 unspecified atom stereocenters. The summed E-state index contributed by atoms with van der Waals surface area (Å²) >= 11 is 0. The van der Waals surface area contributed by atoms with Crippen LogP contribution in [0.1, 0.15) is 409 Å². The predicted octanol–water partition coefficient (Wildman–Crippen LogP) is 28.3. The molecule has 79 heavy (non-hydrogen) atoms. The van der Waals surface area contributed by atoms with Gasteiger partial charge < -0.3 is 13.7 Å². The molecule has 0 saturated carbocycles.